The number of urea groups is 1. The molecule has 0 spiro atoms. The molecule has 10 nitrogen and oxygen atoms in total. The quantitative estimate of drug-likeness (QED) is 0.571. The molecule has 14 heteroatoms. The van der Waals surface area contributed by atoms with Gasteiger partial charge in [-0.3, -0.25) is 25.3 Å². The second-order valence-corrected chi connectivity index (χ2v) is 9.85. The van der Waals surface area contributed by atoms with E-state index in [0.29, 0.717) is 37.6 Å². The third kappa shape index (κ3) is 6.95. The number of halogens is 3. The minimum absolute atomic E-state index is 0.0233. The third-order valence-corrected chi connectivity index (χ3v) is 6.32. The summed E-state index contributed by atoms with van der Waals surface area (Å²) in [6.45, 7) is 1.56. The molecular weight excluding hydrogens is 505 g/mol. The first-order valence-corrected chi connectivity index (χ1v) is 12.5. The number of morpholine rings is 1. The number of benzene rings is 2. The summed E-state index contributed by atoms with van der Waals surface area (Å²) in [5, 5.41) is 0. The Kier molecular flexibility index (Phi) is 8.20. The van der Waals surface area contributed by atoms with Gasteiger partial charge >= 0.3 is 18.1 Å². The van der Waals surface area contributed by atoms with Gasteiger partial charge in [-0.05, 0) is 42.0 Å². The lowest BCUT2D eigenvalue weighted by molar-refractivity contribution is -0.174. The molecule has 0 atom stereocenters. The molecule has 0 radical (unpaired) electrons. The number of nitrogens with one attached hydrogen (secondary N) is 2. The van der Waals surface area contributed by atoms with E-state index in [0.717, 1.165) is 6.26 Å². The Balaban J connectivity index is 1.78. The monoisotopic (exact) mass is 528 g/mol. The number of hydrazine groups is 1. The molecule has 0 aromatic heterocycles. The maximum absolute atomic E-state index is 13.3. The van der Waals surface area contributed by atoms with Crippen LogP contribution in [0.3, 0.4) is 0 Å². The number of amides is 4. The van der Waals surface area contributed by atoms with E-state index in [1.807, 2.05) is 0 Å². The van der Waals surface area contributed by atoms with Crippen molar-refractivity contribution in [2.75, 3.05) is 37.5 Å². The van der Waals surface area contributed by atoms with Crippen molar-refractivity contribution >= 4 is 33.4 Å². The summed E-state index contributed by atoms with van der Waals surface area (Å²) in [7, 11) is -3.43. The molecule has 2 N–H and O–H groups in total. The third-order valence-electron chi connectivity index (χ3n) is 5.19. The molecular formula is C22H23F3N4O6S. The van der Waals surface area contributed by atoms with Crippen LogP contribution in [0.25, 0.3) is 0 Å². The van der Waals surface area contributed by atoms with Crippen LogP contribution in [0.4, 0.5) is 23.7 Å². The van der Waals surface area contributed by atoms with Gasteiger partial charge in [-0.15, -0.1) is 0 Å². The van der Waals surface area contributed by atoms with Crippen LogP contribution in [-0.2, 0) is 25.9 Å². The largest absolute Gasteiger partial charge is 0.472 e. The molecule has 1 heterocycles. The van der Waals surface area contributed by atoms with Crippen LogP contribution >= 0.6 is 0 Å². The first-order valence-electron chi connectivity index (χ1n) is 10.6. The number of nitrogens with zero attached hydrogens (tertiary/aromatic N) is 2. The standard InChI is InChI=1S/C22H23F3N4O6S/c1-36(33,34)18-8-6-17(7-9-18)29(21(32)28-10-12-35-13-11-28)14-15-2-4-16(5-3-15)19(30)26-27-20(31)22(23,24)25/h2-9H,10-14H2,1H3,(H,26,30)(H,27,31). The van der Waals surface area contributed by atoms with Crippen molar-refractivity contribution in [3.05, 3.63) is 59.7 Å². The summed E-state index contributed by atoms with van der Waals surface area (Å²) in [6.07, 6.45) is -4.07. The molecule has 1 saturated heterocycles. The van der Waals surface area contributed by atoms with Crippen molar-refractivity contribution in [1.82, 2.24) is 15.8 Å². The summed E-state index contributed by atoms with van der Waals surface area (Å²) < 4.78 is 65.7. The van der Waals surface area contributed by atoms with Gasteiger partial charge in [0.25, 0.3) is 5.91 Å². The van der Waals surface area contributed by atoms with Gasteiger partial charge < -0.3 is 9.64 Å². The molecule has 1 fully saturated rings. The summed E-state index contributed by atoms with van der Waals surface area (Å²) >= 11 is 0. The van der Waals surface area contributed by atoms with Gasteiger partial charge in [0, 0.05) is 30.6 Å². The minimum Gasteiger partial charge on any atom is -0.378 e. The molecule has 2 aromatic carbocycles. The Morgan fingerprint density at radius 1 is 0.972 bits per heavy atom. The molecule has 36 heavy (non-hydrogen) atoms. The van der Waals surface area contributed by atoms with Crippen LogP contribution in [0.2, 0.25) is 0 Å². The normalized spacial score (nSPS) is 14.2. The van der Waals surface area contributed by atoms with Crippen molar-refractivity contribution < 1.29 is 40.7 Å². The average Bonchev–Trinajstić information content (AvgIpc) is 2.85. The van der Waals surface area contributed by atoms with Crippen molar-refractivity contribution in [2.24, 2.45) is 0 Å². The maximum Gasteiger partial charge on any atom is 0.472 e. The van der Waals surface area contributed by atoms with Crippen LogP contribution in [0.1, 0.15) is 15.9 Å². The molecule has 0 bridgehead atoms. The van der Waals surface area contributed by atoms with Crippen molar-refractivity contribution in [2.45, 2.75) is 17.6 Å². The van der Waals surface area contributed by atoms with Crippen LogP contribution in [0.15, 0.2) is 53.4 Å². The highest BCUT2D eigenvalue weighted by molar-refractivity contribution is 7.90. The van der Waals surface area contributed by atoms with E-state index < -0.39 is 27.8 Å². The van der Waals surface area contributed by atoms with Crippen LogP contribution in [0, 0.1) is 0 Å². The van der Waals surface area contributed by atoms with E-state index in [4.69, 9.17) is 4.74 Å². The Bertz CT molecular complexity index is 1210. The number of carbonyl (C=O) groups is 3. The van der Waals surface area contributed by atoms with E-state index in [9.17, 15) is 36.0 Å². The molecule has 0 unspecified atom stereocenters. The van der Waals surface area contributed by atoms with Gasteiger partial charge in [-0.25, -0.2) is 13.2 Å². The predicted molar refractivity (Wildman–Crippen MR) is 122 cm³/mol. The zero-order chi connectivity index (χ0) is 26.5. The molecule has 1 aliphatic rings. The average molecular weight is 529 g/mol. The maximum atomic E-state index is 13.3. The topological polar surface area (TPSA) is 125 Å². The first kappa shape index (κ1) is 26.9. The summed E-state index contributed by atoms with van der Waals surface area (Å²) in [5.74, 6) is -3.27. The molecule has 194 valence electrons. The zero-order valence-electron chi connectivity index (χ0n) is 19.0. The lowest BCUT2D eigenvalue weighted by atomic mass is 10.1. The van der Waals surface area contributed by atoms with Gasteiger partial charge in [0.15, 0.2) is 9.84 Å². The molecule has 4 amide bonds. The van der Waals surface area contributed by atoms with Gasteiger partial charge in [0.05, 0.1) is 24.7 Å². The number of hydrogen-bond donors (Lipinski definition) is 2. The summed E-state index contributed by atoms with van der Waals surface area (Å²) in [5.41, 5.74) is 3.96. The Labute approximate surface area is 204 Å². The lowest BCUT2D eigenvalue weighted by Gasteiger charge is -2.33. The highest BCUT2D eigenvalue weighted by atomic mass is 32.2. The second kappa shape index (κ2) is 11.0. The van der Waals surface area contributed by atoms with Gasteiger partial charge in [-0.1, -0.05) is 12.1 Å². The van der Waals surface area contributed by atoms with E-state index in [2.05, 4.69) is 0 Å². The van der Waals surface area contributed by atoms with Crippen LogP contribution < -0.4 is 15.8 Å². The van der Waals surface area contributed by atoms with Crippen molar-refractivity contribution in [3.63, 3.8) is 0 Å². The molecule has 0 saturated carbocycles. The van der Waals surface area contributed by atoms with E-state index in [1.54, 1.807) is 10.3 Å². The second-order valence-electron chi connectivity index (χ2n) is 7.84. The van der Waals surface area contributed by atoms with Crippen molar-refractivity contribution in [3.8, 4) is 0 Å². The number of anilines is 1. The highest BCUT2D eigenvalue weighted by Crippen LogP contribution is 2.23. The van der Waals surface area contributed by atoms with Gasteiger partial charge in [0.2, 0.25) is 0 Å². The van der Waals surface area contributed by atoms with Crippen LogP contribution in [-0.4, -0.2) is 69.9 Å². The Hall–Kier alpha value is -3.65. The summed E-state index contributed by atoms with van der Waals surface area (Å²) in [4.78, 5) is 39.3. The number of carbonyl (C=O) groups excluding carboxylic acids is 3. The molecule has 2 aromatic rings. The molecule has 3 rings (SSSR count). The zero-order valence-corrected chi connectivity index (χ0v) is 19.9. The minimum atomic E-state index is -5.15. The first-order chi connectivity index (χ1) is 16.9. The highest BCUT2D eigenvalue weighted by Gasteiger charge is 2.39. The van der Waals surface area contributed by atoms with Gasteiger partial charge in [0.1, 0.15) is 0 Å². The molecule has 0 aliphatic carbocycles. The summed E-state index contributed by atoms with van der Waals surface area (Å²) in [6, 6.07) is 11.2. The fourth-order valence-corrected chi connectivity index (χ4v) is 3.90. The SMILES string of the molecule is CS(=O)(=O)c1ccc(N(Cc2ccc(C(=O)NNC(=O)C(F)(F)F)cc2)C(=O)N2CCOCC2)cc1. The van der Waals surface area contributed by atoms with E-state index in [-0.39, 0.29) is 23.0 Å². The smallest absolute Gasteiger partial charge is 0.378 e. The van der Waals surface area contributed by atoms with Crippen LogP contribution in [0.5, 0.6) is 0 Å². The van der Waals surface area contributed by atoms with Gasteiger partial charge in [-0.2, -0.15) is 13.2 Å². The number of rotatable bonds is 5. The van der Waals surface area contributed by atoms with E-state index in [1.165, 1.54) is 58.9 Å². The fourth-order valence-electron chi connectivity index (χ4n) is 3.27. The lowest BCUT2D eigenvalue weighted by Crippen LogP contribution is -2.48. The Morgan fingerprint density at radius 2 is 1.56 bits per heavy atom. The van der Waals surface area contributed by atoms with Crippen molar-refractivity contribution in [1.29, 1.82) is 0 Å². The fraction of sp³-hybridized carbons (Fsp3) is 0.318. The molecule has 1 aliphatic heterocycles. The number of alkyl halides is 3. The number of ether oxygens (including phenoxy) is 1. The van der Waals surface area contributed by atoms with E-state index >= 15 is 0 Å². The Morgan fingerprint density at radius 3 is 2.08 bits per heavy atom. The number of hydrogen-bond acceptors (Lipinski definition) is 6. The predicted octanol–water partition coefficient (Wildman–Crippen LogP) is 1.87. The number of sulfone groups is 1.